The summed E-state index contributed by atoms with van der Waals surface area (Å²) in [6.07, 6.45) is 1.32. The highest BCUT2D eigenvalue weighted by Crippen LogP contribution is 2.08. The van der Waals surface area contributed by atoms with Gasteiger partial charge < -0.3 is 15.8 Å². The van der Waals surface area contributed by atoms with Crippen LogP contribution in [0.25, 0.3) is 0 Å². The fourth-order valence-corrected chi connectivity index (χ4v) is 1.32. The molecule has 0 atom stereocenters. The summed E-state index contributed by atoms with van der Waals surface area (Å²) in [4.78, 5) is 13.3. The van der Waals surface area contributed by atoms with Gasteiger partial charge >= 0.3 is 5.95 Å². The van der Waals surface area contributed by atoms with Gasteiger partial charge in [-0.15, -0.1) is 0 Å². The van der Waals surface area contributed by atoms with Crippen molar-refractivity contribution < 1.29 is 4.92 Å². The fourth-order valence-electron chi connectivity index (χ4n) is 1.32. The topological polar surface area (TPSA) is 99.9 Å². The van der Waals surface area contributed by atoms with E-state index in [-0.39, 0.29) is 0 Å². The van der Waals surface area contributed by atoms with Crippen LogP contribution in [-0.4, -0.2) is 19.7 Å². The third kappa shape index (κ3) is 2.14. The average molecular weight is 219 g/mol. The second-order valence-electron chi connectivity index (χ2n) is 3.24. The lowest BCUT2D eigenvalue weighted by atomic mass is 10.2. The van der Waals surface area contributed by atoms with Crippen LogP contribution in [0.15, 0.2) is 30.6 Å². The Morgan fingerprint density at radius 1 is 1.50 bits per heavy atom. The highest BCUT2D eigenvalue weighted by molar-refractivity contribution is 5.40. The summed E-state index contributed by atoms with van der Waals surface area (Å²) >= 11 is 0. The molecule has 82 valence electrons. The molecule has 7 heteroatoms. The van der Waals surface area contributed by atoms with Gasteiger partial charge in [-0.3, -0.25) is 0 Å². The second-order valence-corrected chi connectivity index (χ2v) is 3.24. The van der Waals surface area contributed by atoms with Gasteiger partial charge in [0.05, 0.1) is 6.54 Å². The zero-order valence-electron chi connectivity index (χ0n) is 8.28. The van der Waals surface area contributed by atoms with Gasteiger partial charge in [-0.25, -0.2) is 0 Å². The molecule has 0 bridgehead atoms. The number of nitrogen functional groups attached to an aromatic ring is 1. The van der Waals surface area contributed by atoms with Gasteiger partial charge in [0.1, 0.15) is 0 Å². The molecule has 1 aromatic heterocycles. The monoisotopic (exact) mass is 219 g/mol. The maximum absolute atomic E-state index is 10.4. The summed E-state index contributed by atoms with van der Waals surface area (Å²) in [6.45, 7) is 0.409. The Bertz CT molecular complexity index is 522. The number of benzene rings is 1. The lowest BCUT2D eigenvalue weighted by molar-refractivity contribution is -0.394. The largest absolute Gasteiger partial charge is 0.490 e. The van der Waals surface area contributed by atoms with E-state index in [1.807, 2.05) is 12.1 Å². The quantitative estimate of drug-likeness (QED) is 0.468. The maximum atomic E-state index is 10.4. The molecule has 16 heavy (non-hydrogen) atoms. The van der Waals surface area contributed by atoms with Crippen LogP contribution >= 0.6 is 0 Å². The van der Waals surface area contributed by atoms with Crippen LogP contribution in [-0.2, 0) is 6.54 Å². The van der Waals surface area contributed by atoms with E-state index >= 15 is 0 Å². The van der Waals surface area contributed by atoms with Gasteiger partial charge in [0.2, 0.25) is 6.33 Å². The van der Waals surface area contributed by atoms with E-state index in [2.05, 4.69) is 10.1 Å². The molecule has 1 aromatic carbocycles. The number of hydrogen-bond donors (Lipinski definition) is 1. The minimum Gasteiger partial charge on any atom is -0.399 e. The fraction of sp³-hybridized carbons (Fsp3) is 0.111. The van der Waals surface area contributed by atoms with E-state index < -0.39 is 10.9 Å². The van der Waals surface area contributed by atoms with E-state index in [0.29, 0.717) is 12.2 Å². The predicted molar refractivity (Wildman–Crippen MR) is 56.6 cm³/mol. The number of hydrogen-bond acceptors (Lipinski definition) is 5. The van der Waals surface area contributed by atoms with Crippen LogP contribution in [0.2, 0.25) is 0 Å². The van der Waals surface area contributed by atoms with Gasteiger partial charge in [0.15, 0.2) is 0 Å². The number of nitrogens with zero attached hydrogens (tertiary/aromatic N) is 4. The van der Waals surface area contributed by atoms with Crippen molar-refractivity contribution in [3.63, 3.8) is 0 Å². The summed E-state index contributed by atoms with van der Waals surface area (Å²) in [6, 6.07) is 7.24. The smallest absolute Gasteiger partial charge is 0.399 e. The van der Waals surface area contributed by atoms with Crippen molar-refractivity contribution in [1.82, 2.24) is 14.8 Å². The van der Waals surface area contributed by atoms with Gasteiger partial charge in [-0.05, 0) is 22.6 Å². The van der Waals surface area contributed by atoms with Gasteiger partial charge in [0, 0.05) is 10.8 Å². The van der Waals surface area contributed by atoms with Crippen LogP contribution in [0.3, 0.4) is 0 Å². The van der Waals surface area contributed by atoms with Crippen LogP contribution in [0, 0.1) is 10.1 Å². The minimum absolute atomic E-state index is 0.399. The molecule has 0 spiro atoms. The lowest BCUT2D eigenvalue weighted by Gasteiger charge is -1.99. The number of nitro groups is 1. The normalized spacial score (nSPS) is 10.2. The molecule has 2 N–H and O–H groups in total. The summed E-state index contributed by atoms with van der Waals surface area (Å²) in [5.41, 5.74) is 7.17. The summed E-state index contributed by atoms with van der Waals surface area (Å²) in [5.74, 6) is -0.399. The summed E-state index contributed by atoms with van der Waals surface area (Å²) in [5, 5.41) is 14.1. The Hall–Kier alpha value is -2.44. The molecule has 1 heterocycles. The Morgan fingerprint density at radius 2 is 2.31 bits per heavy atom. The number of aromatic nitrogens is 3. The maximum Gasteiger partial charge on any atom is 0.490 e. The molecule has 0 aliphatic carbocycles. The Labute approximate surface area is 90.7 Å². The molecule has 0 aliphatic rings. The molecule has 2 rings (SSSR count). The molecule has 0 saturated heterocycles. The molecule has 2 aromatic rings. The molecule has 0 radical (unpaired) electrons. The Balaban J connectivity index is 2.17. The molecule has 0 fully saturated rings. The standard InChI is InChI=1S/C9H9N5O2/c10-8-3-1-2-7(4-8)5-13-6-11-9(12-13)14(15)16/h1-4,6H,5,10H2. The first-order chi connectivity index (χ1) is 7.65. The lowest BCUT2D eigenvalue weighted by Crippen LogP contribution is -2.01. The number of anilines is 1. The first kappa shape index (κ1) is 10.1. The van der Waals surface area contributed by atoms with Crippen molar-refractivity contribution in [3.05, 3.63) is 46.3 Å². The van der Waals surface area contributed by atoms with E-state index in [1.54, 1.807) is 12.1 Å². The van der Waals surface area contributed by atoms with E-state index in [0.717, 1.165) is 5.56 Å². The molecule has 0 saturated carbocycles. The highest BCUT2D eigenvalue weighted by Gasteiger charge is 2.12. The second kappa shape index (κ2) is 3.97. The van der Waals surface area contributed by atoms with Crippen molar-refractivity contribution >= 4 is 11.6 Å². The average Bonchev–Trinajstić information content (AvgIpc) is 2.66. The Morgan fingerprint density at radius 3 is 2.94 bits per heavy atom. The van der Waals surface area contributed by atoms with Crippen LogP contribution in [0.4, 0.5) is 11.6 Å². The van der Waals surface area contributed by atoms with Crippen LogP contribution in [0.1, 0.15) is 5.56 Å². The van der Waals surface area contributed by atoms with Crippen LogP contribution < -0.4 is 5.73 Å². The predicted octanol–water partition coefficient (Wildman–Crippen LogP) is 0.817. The molecular formula is C9H9N5O2. The number of nitrogens with two attached hydrogens (primary N) is 1. The van der Waals surface area contributed by atoms with Crippen molar-refractivity contribution in [2.45, 2.75) is 6.54 Å². The van der Waals surface area contributed by atoms with Gasteiger partial charge in [-0.1, -0.05) is 17.1 Å². The molecular weight excluding hydrogens is 210 g/mol. The van der Waals surface area contributed by atoms with E-state index in [4.69, 9.17) is 5.73 Å². The SMILES string of the molecule is Nc1cccc(Cn2cnc([N+](=O)[O-])n2)c1. The van der Waals surface area contributed by atoms with E-state index in [9.17, 15) is 10.1 Å². The first-order valence-electron chi connectivity index (χ1n) is 4.53. The first-order valence-corrected chi connectivity index (χ1v) is 4.53. The van der Waals surface area contributed by atoms with Crippen molar-refractivity contribution in [1.29, 1.82) is 0 Å². The summed E-state index contributed by atoms with van der Waals surface area (Å²) in [7, 11) is 0. The van der Waals surface area contributed by atoms with Gasteiger partial charge in [0.25, 0.3) is 0 Å². The van der Waals surface area contributed by atoms with Gasteiger partial charge in [-0.2, -0.15) is 4.68 Å². The Kier molecular flexibility index (Phi) is 2.50. The summed E-state index contributed by atoms with van der Waals surface area (Å²) < 4.78 is 1.40. The van der Waals surface area contributed by atoms with E-state index in [1.165, 1.54) is 11.0 Å². The third-order valence-electron chi connectivity index (χ3n) is 1.98. The number of rotatable bonds is 3. The highest BCUT2D eigenvalue weighted by atomic mass is 16.6. The zero-order valence-corrected chi connectivity index (χ0v) is 8.28. The van der Waals surface area contributed by atoms with Crippen molar-refractivity contribution in [2.24, 2.45) is 0 Å². The molecule has 7 nitrogen and oxygen atoms in total. The third-order valence-corrected chi connectivity index (χ3v) is 1.98. The molecule has 0 aliphatic heterocycles. The zero-order chi connectivity index (χ0) is 11.5. The van der Waals surface area contributed by atoms with Crippen LogP contribution in [0.5, 0.6) is 0 Å². The molecule has 0 unspecified atom stereocenters. The van der Waals surface area contributed by atoms with Crippen molar-refractivity contribution in [2.75, 3.05) is 5.73 Å². The minimum atomic E-state index is -0.629. The van der Waals surface area contributed by atoms with Crippen molar-refractivity contribution in [3.8, 4) is 0 Å². The molecule has 0 amide bonds.